The maximum Gasteiger partial charge on any atom is 0.315 e. The van der Waals surface area contributed by atoms with E-state index in [0.29, 0.717) is 6.54 Å². The van der Waals surface area contributed by atoms with E-state index >= 15 is 0 Å². The Morgan fingerprint density at radius 1 is 0.875 bits per heavy atom. The molecule has 24 heavy (non-hydrogen) atoms. The number of anilines is 1. The number of nitrogens with one attached hydrogen (secondary N) is 3. The lowest BCUT2D eigenvalue weighted by Gasteiger charge is -2.10. The molecule has 0 heterocycles. The fourth-order valence-corrected chi connectivity index (χ4v) is 2.26. The SMILES string of the molecule is Cc1ccc(CNC(=O)NCC(=O)Nc2ccc(C)cc2C)cc1. The highest BCUT2D eigenvalue weighted by Crippen LogP contribution is 2.15. The Morgan fingerprint density at radius 2 is 1.54 bits per heavy atom. The van der Waals surface area contributed by atoms with Crippen molar-refractivity contribution in [1.82, 2.24) is 10.6 Å². The number of rotatable bonds is 5. The summed E-state index contributed by atoms with van der Waals surface area (Å²) >= 11 is 0. The van der Waals surface area contributed by atoms with Crippen molar-refractivity contribution in [2.75, 3.05) is 11.9 Å². The smallest absolute Gasteiger partial charge is 0.315 e. The van der Waals surface area contributed by atoms with Gasteiger partial charge in [0.15, 0.2) is 0 Å². The molecule has 0 aliphatic rings. The van der Waals surface area contributed by atoms with Gasteiger partial charge in [-0.1, -0.05) is 47.5 Å². The van der Waals surface area contributed by atoms with E-state index in [2.05, 4.69) is 16.0 Å². The summed E-state index contributed by atoms with van der Waals surface area (Å²) in [6.07, 6.45) is 0. The predicted octanol–water partition coefficient (Wildman–Crippen LogP) is 3.05. The minimum absolute atomic E-state index is 0.0763. The Balaban J connectivity index is 1.74. The fourth-order valence-electron chi connectivity index (χ4n) is 2.26. The number of aryl methyl sites for hydroxylation is 3. The van der Waals surface area contributed by atoms with Gasteiger partial charge in [0.05, 0.1) is 6.54 Å². The molecule has 0 spiro atoms. The van der Waals surface area contributed by atoms with Crippen LogP contribution in [0.4, 0.5) is 10.5 Å². The molecular weight excluding hydrogens is 302 g/mol. The van der Waals surface area contributed by atoms with Gasteiger partial charge in [-0.3, -0.25) is 4.79 Å². The quantitative estimate of drug-likeness (QED) is 0.791. The number of urea groups is 1. The zero-order chi connectivity index (χ0) is 17.5. The van der Waals surface area contributed by atoms with Gasteiger partial charge < -0.3 is 16.0 Å². The number of benzene rings is 2. The Hall–Kier alpha value is -2.82. The third-order valence-electron chi connectivity index (χ3n) is 3.64. The topological polar surface area (TPSA) is 70.2 Å². The minimum atomic E-state index is -0.369. The molecule has 5 heteroatoms. The zero-order valence-corrected chi connectivity index (χ0v) is 14.3. The van der Waals surface area contributed by atoms with Crippen molar-refractivity contribution < 1.29 is 9.59 Å². The number of carbonyl (C=O) groups excluding carboxylic acids is 2. The first-order valence-electron chi connectivity index (χ1n) is 7.88. The van der Waals surface area contributed by atoms with Crippen molar-refractivity contribution in [3.05, 3.63) is 64.7 Å². The van der Waals surface area contributed by atoms with Crippen LogP contribution in [-0.2, 0) is 11.3 Å². The average molecular weight is 325 g/mol. The van der Waals surface area contributed by atoms with Gasteiger partial charge in [0, 0.05) is 12.2 Å². The van der Waals surface area contributed by atoms with E-state index in [0.717, 1.165) is 22.4 Å². The highest BCUT2D eigenvalue weighted by molar-refractivity contribution is 5.94. The summed E-state index contributed by atoms with van der Waals surface area (Å²) in [4.78, 5) is 23.7. The molecule has 0 radical (unpaired) electrons. The maximum atomic E-state index is 11.9. The molecule has 2 aromatic rings. The average Bonchev–Trinajstić information content (AvgIpc) is 2.55. The summed E-state index contributed by atoms with van der Waals surface area (Å²) in [5, 5.41) is 8.07. The molecule has 0 aliphatic heterocycles. The normalized spacial score (nSPS) is 10.1. The molecule has 2 rings (SSSR count). The van der Waals surface area contributed by atoms with Crippen LogP contribution in [0.15, 0.2) is 42.5 Å². The molecule has 126 valence electrons. The van der Waals surface area contributed by atoms with Crippen LogP contribution < -0.4 is 16.0 Å². The van der Waals surface area contributed by atoms with Gasteiger partial charge in [-0.05, 0) is 38.0 Å². The van der Waals surface area contributed by atoms with Gasteiger partial charge in [-0.15, -0.1) is 0 Å². The van der Waals surface area contributed by atoms with Gasteiger partial charge in [-0.25, -0.2) is 4.79 Å². The van der Waals surface area contributed by atoms with E-state index < -0.39 is 0 Å². The first kappa shape index (κ1) is 17.5. The maximum absolute atomic E-state index is 11.9. The minimum Gasteiger partial charge on any atom is -0.334 e. The van der Waals surface area contributed by atoms with Crippen LogP contribution >= 0.6 is 0 Å². The summed E-state index contributed by atoms with van der Waals surface area (Å²) < 4.78 is 0. The highest BCUT2D eigenvalue weighted by atomic mass is 16.2. The molecule has 0 saturated heterocycles. The van der Waals surface area contributed by atoms with Gasteiger partial charge in [0.25, 0.3) is 0 Å². The molecule has 0 saturated carbocycles. The Bertz CT molecular complexity index is 724. The molecule has 5 nitrogen and oxygen atoms in total. The van der Waals surface area contributed by atoms with Gasteiger partial charge in [-0.2, -0.15) is 0 Å². The second-order valence-corrected chi connectivity index (χ2v) is 5.89. The molecule has 0 aromatic heterocycles. The lowest BCUT2D eigenvalue weighted by Crippen LogP contribution is -2.39. The Kier molecular flexibility index (Phi) is 5.95. The van der Waals surface area contributed by atoms with Crippen LogP contribution in [0.3, 0.4) is 0 Å². The van der Waals surface area contributed by atoms with Crippen molar-refractivity contribution in [2.45, 2.75) is 27.3 Å². The summed E-state index contributed by atoms with van der Waals surface area (Å²) in [7, 11) is 0. The van der Waals surface area contributed by atoms with Crippen LogP contribution in [0, 0.1) is 20.8 Å². The summed E-state index contributed by atoms with van der Waals surface area (Å²) in [6.45, 7) is 6.29. The third kappa shape index (κ3) is 5.43. The lowest BCUT2D eigenvalue weighted by molar-refractivity contribution is -0.115. The predicted molar refractivity (Wildman–Crippen MR) is 96.0 cm³/mol. The van der Waals surface area contributed by atoms with Crippen LogP contribution in [0.2, 0.25) is 0 Å². The molecule has 0 unspecified atom stereocenters. The number of carbonyl (C=O) groups is 2. The lowest BCUT2D eigenvalue weighted by atomic mass is 10.1. The summed E-state index contributed by atoms with van der Waals surface area (Å²) in [5.41, 5.74) is 5.07. The summed E-state index contributed by atoms with van der Waals surface area (Å²) in [6, 6.07) is 13.3. The molecule has 0 bridgehead atoms. The fraction of sp³-hybridized carbons (Fsp3) is 0.263. The molecule has 0 aliphatic carbocycles. The zero-order valence-electron chi connectivity index (χ0n) is 14.3. The standard InChI is InChI=1S/C19H23N3O2/c1-13-4-7-16(8-5-13)11-20-19(24)21-12-18(23)22-17-9-6-14(2)10-15(17)3/h4-10H,11-12H2,1-3H3,(H,22,23)(H2,20,21,24). The number of amides is 3. The van der Waals surface area contributed by atoms with Crippen molar-refractivity contribution in [3.63, 3.8) is 0 Å². The number of hydrogen-bond acceptors (Lipinski definition) is 2. The van der Waals surface area contributed by atoms with Crippen molar-refractivity contribution in [3.8, 4) is 0 Å². The Labute approximate surface area is 142 Å². The molecule has 2 aromatic carbocycles. The van der Waals surface area contributed by atoms with Crippen molar-refractivity contribution in [2.24, 2.45) is 0 Å². The van der Waals surface area contributed by atoms with Crippen LogP contribution in [0.1, 0.15) is 22.3 Å². The monoisotopic (exact) mass is 325 g/mol. The van der Waals surface area contributed by atoms with Gasteiger partial charge in [0.1, 0.15) is 0 Å². The molecular formula is C19H23N3O2. The second kappa shape index (κ2) is 8.15. The van der Waals surface area contributed by atoms with Crippen molar-refractivity contribution in [1.29, 1.82) is 0 Å². The van der Waals surface area contributed by atoms with Gasteiger partial charge in [0.2, 0.25) is 5.91 Å². The third-order valence-corrected chi connectivity index (χ3v) is 3.64. The van der Waals surface area contributed by atoms with Gasteiger partial charge >= 0.3 is 6.03 Å². The largest absolute Gasteiger partial charge is 0.334 e. The van der Waals surface area contributed by atoms with Crippen LogP contribution in [-0.4, -0.2) is 18.5 Å². The van der Waals surface area contributed by atoms with Crippen LogP contribution in [0.25, 0.3) is 0 Å². The van der Waals surface area contributed by atoms with E-state index in [-0.39, 0.29) is 18.5 Å². The first-order valence-corrected chi connectivity index (χ1v) is 7.88. The Morgan fingerprint density at radius 3 is 2.21 bits per heavy atom. The van der Waals surface area contributed by atoms with Crippen molar-refractivity contribution >= 4 is 17.6 Å². The van der Waals surface area contributed by atoms with Crippen LogP contribution in [0.5, 0.6) is 0 Å². The molecule has 3 N–H and O–H groups in total. The van der Waals surface area contributed by atoms with E-state index in [9.17, 15) is 9.59 Å². The molecule has 3 amide bonds. The number of hydrogen-bond donors (Lipinski definition) is 3. The first-order chi connectivity index (χ1) is 11.4. The van der Waals surface area contributed by atoms with E-state index in [4.69, 9.17) is 0 Å². The molecule has 0 fully saturated rings. The van der Waals surface area contributed by atoms with E-state index in [1.807, 2.05) is 63.2 Å². The van der Waals surface area contributed by atoms with E-state index in [1.54, 1.807) is 0 Å². The summed E-state index contributed by atoms with van der Waals surface area (Å²) in [5.74, 6) is -0.257. The second-order valence-electron chi connectivity index (χ2n) is 5.89. The molecule has 0 atom stereocenters. The van der Waals surface area contributed by atoms with E-state index in [1.165, 1.54) is 5.56 Å². The highest BCUT2D eigenvalue weighted by Gasteiger charge is 2.07.